The Morgan fingerprint density at radius 1 is 1.50 bits per heavy atom. The number of hydrogen-bond acceptors (Lipinski definition) is 1. The molecule has 1 unspecified atom stereocenters. The largest absolute Gasteiger partial charge is 0.374 e. The third kappa shape index (κ3) is 1.24. The van der Waals surface area contributed by atoms with Crippen LogP contribution >= 0.6 is 0 Å². The summed E-state index contributed by atoms with van der Waals surface area (Å²) in [6.45, 7) is 3.06. The van der Waals surface area contributed by atoms with Crippen LogP contribution in [0.1, 0.15) is 26.2 Å². The standard InChI is InChI=1S/C9H14O/c1-7-4-5-10-9(6-7)8-2-3-8/h4,8-9H,2-3,5-6H2,1H3. The Balaban J connectivity index is 1.94. The molecule has 1 fully saturated rings. The van der Waals surface area contributed by atoms with Crippen molar-refractivity contribution in [2.45, 2.75) is 32.3 Å². The van der Waals surface area contributed by atoms with Crippen molar-refractivity contribution in [3.63, 3.8) is 0 Å². The minimum Gasteiger partial charge on any atom is -0.374 e. The van der Waals surface area contributed by atoms with E-state index in [2.05, 4.69) is 13.0 Å². The van der Waals surface area contributed by atoms with E-state index in [1.807, 2.05) is 0 Å². The Labute approximate surface area is 62.1 Å². The van der Waals surface area contributed by atoms with E-state index in [0.29, 0.717) is 6.10 Å². The summed E-state index contributed by atoms with van der Waals surface area (Å²) >= 11 is 0. The maximum absolute atomic E-state index is 5.60. The molecule has 0 radical (unpaired) electrons. The maximum Gasteiger partial charge on any atom is 0.0654 e. The number of ether oxygens (including phenoxy) is 1. The second kappa shape index (κ2) is 2.39. The van der Waals surface area contributed by atoms with Crippen molar-refractivity contribution in [1.29, 1.82) is 0 Å². The van der Waals surface area contributed by atoms with Crippen molar-refractivity contribution in [3.05, 3.63) is 11.6 Å². The molecule has 0 bridgehead atoms. The summed E-state index contributed by atoms with van der Waals surface area (Å²) in [6.07, 6.45) is 6.75. The second-order valence-electron chi connectivity index (χ2n) is 3.46. The van der Waals surface area contributed by atoms with Crippen LogP contribution in [0.5, 0.6) is 0 Å². The lowest BCUT2D eigenvalue weighted by atomic mass is 10.0. The van der Waals surface area contributed by atoms with Crippen molar-refractivity contribution >= 4 is 0 Å². The molecular formula is C9H14O. The smallest absolute Gasteiger partial charge is 0.0654 e. The molecular weight excluding hydrogens is 124 g/mol. The minimum atomic E-state index is 0.574. The maximum atomic E-state index is 5.60. The van der Waals surface area contributed by atoms with Crippen molar-refractivity contribution < 1.29 is 4.74 Å². The van der Waals surface area contributed by atoms with Gasteiger partial charge in [-0.1, -0.05) is 11.6 Å². The first-order valence-corrected chi connectivity index (χ1v) is 4.13. The lowest BCUT2D eigenvalue weighted by molar-refractivity contribution is 0.0486. The molecule has 56 valence electrons. The highest BCUT2D eigenvalue weighted by Crippen LogP contribution is 2.38. The van der Waals surface area contributed by atoms with Crippen molar-refractivity contribution in [3.8, 4) is 0 Å². The van der Waals surface area contributed by atoms with Crippen molar-refractivity contribution in [2.24, 2.45) is 5.92 Å². The van der Waals surface area contributed by atoms with Crippen LogP contribution in [0.4, 0.5) is 0 Å². The second-order valence-corrected chi connectivity index (χ2v) is 3.46. The summed E-state index contributed by atoms with van der Waals surface area (Å²) in [4.78, 5) is 0. The lowest BCUT2D eigenvalue weighted by Crippen LogP contribution is -2.19. The van der Waals surface area contributed by atoms with Gasteiger partial charge in [-0.2, -0.15) is 0 Å². The molecule has 1 heteroatoms. The van der Waals surface area contributed by atoms with Gasteiger partial charge < -0.3 is 4.74 Å². The Morgan fingerprint density at radius 3 is 2.90 bits per heavy atom. The summed E-state index contributed by atoms with van der Waals surface area (Å²) in [7, 11) is 0. The van der Waals surface area contributed by atoms with Crippen LogP contribution in [0.25, 0.3) is 0 Å². The third-order valence-electron chi connectivity index (χ3n) is 2.41. The van der Waals surface area contributed by atoms with Gasteiger partial charge >= 0.3 is 0 Å². The number of rotatable bonds is 1. The van der Waals surface area contributed by atoms with E-state index in [9.17, 15) is 0 Å². The van der Waals surface area contributed by atoms with Gasteiger partial charge in [0.15, 0.2) is 0 Å². The fourth-order valence-electron chi connectivity index (χ4n) is 1.54. The minimum absolute atomic E-state index is 0.574. The average molecular weight is 138 g/mol. The molecule has 2 aliphatic rings. The predicted molar refractivity (Wildman–Crippen MR) is 40.8 cm³/mol. The Hall–Kier alpha value is -0.300. The molecule has 0 aromatic rings. The van der Waals surface area contributed by atoms with Gasteiger partial charge in [0.1, 0.15) is 0 Å². The van der Waals surface area contributed by atoms with Gasteiger partial charge in [-0.15, -0.1) is 0 Å². The Kier molecular flexibility index (Phi) is 1.53. The topological polar surface area (TPSA) is 9.23 Å². The van der Waals surface area contributed by atoms with E-state index in [0.717, 1.165) is 12.5 Å². The van der Waals surface area contributed by atoms with Crippen LogP contribution in [0.3, 0.4) is 0 Å². The van der Waals surface area contributed by atoms with Crippen LogP contribution in [0, 0.1) is 5.92 Å². The van der Waals surface area contributed by atoms with Gasteiger partial charge in [0.2, 0.25) is 0 Å². The molecule has 1 aliphatic heterocycles. The first kappa shape index (κ1) is 6.41. The summed E-state index contributed by atoms with van der Waals surface area (Å²) in [5.74, 6) is 0.906. The van der Waals surface area contributed by atoms with Crippen LogP contribution in [0.15, 0.2) is 11.6 Å². The molecule has 1 nitrogen and oxygen atoms in total. The summed E-state index contributed by atoms with van der Waals surface area (Å²) < 4.78 is 5.60. The Morgan fingerprint density at radius 2 is 2.30 bits per heavy atom. The van der Waals surface area contributed by atoms with E-state index in [-0.39, 0.29) is 0 Å². The van der Waals surface area contributed by atoms with Gasteiger partial charge in [0.25, 0.3) is 0 Å². The first-order valence-electron chi connectivity index (χ1n) is 4.13. The highest BCUT2D eigenvalue weighted by atomic mass is 16.5. The molecule has 2 rings (SSSR count). The molecule has 1 aliphatic carbocycles. The van der Waals surface area contributed by atoms with E-state index in [1.165, 1.54) is 24.8 Å². The van der Waals surface area contributed by atoms with Crippen LogP contribution in [0.2, 0.25) is 0 Å². The zero-order valence-corrected chi connectivity index (χ0v) is 6.47. The highest BCUT2D eigenvalue weighted by molar-refractivity contribution is 5.05. The molecule has 1 atom stereocenters. The van der Waals surface area contributed by atoms with Crippen LogP contribution in [-0.4, -0.2) is 12.7 Å². The summed E-state index contributed by atoms with van der Waals surface area (Å²) in [5, 5.41) is 0. The normalized spacial score (nSPS) is 33.7. The molecule has 0 N–H and O–H groups in total. The van der Waals surface area contributed by atoms with Gasteiger partial charge in [0.05, 0.1) is 12.7 Å². The molecule has 0 spiro atoms. The fourth-order valence-corrected chi connectivity index (χ4v) is 1.54. The van der Waals surface area contributed by atoms with Gasteiger partial charge in [-0.3, -0.25) is 0 Å². The molecule has 0 aromatic carbocycles. The first-order chi connectivity index (χ1) is 4.86. The van der Waals surface area contributed by atoms with Crippen molar-refractivity contribution in [2.75, 3.05) is 6.61 Å². The Bertz CT molecular complexity index is 156. The van der Waals surface area contributed by atoms with E-state index < -0.39 is 0 Å². The molecule has 0 amide bonds. The van der Waals surface area contributed by atoms with Gasteiger partial charge in [0, 0.05) is 0 Å². The predicted octanol–water partition coefficient (Wildman–Crippen LogP) is 2.13. The van der Waals surface area contributed by atoms with Crippen LogP contribution in [-0.2, 0) is 4.74 Å². The SMILES string of the molecule is CC1=CCOC(C2CC2)C1. The van der Waals surface area contributed by atoms with E-state index in [1.54, 1.807) is 0 Å². The van der Waals surface area contributed by atoms with E-state index >= 15 is 0 Å². The molecule has 10 heavy (non-hydrogen) atoms. The average Bonchev–Trinajstić information content (AvgIpc) is 2.68. The summed E-state index contributed by atoms with van der Waals surface area (Å²) in [6, 6.07) is 0. The third-order valence-corrected chi connectivity index (χ3v) is 2.41. The molecule has 1 heterocycles. The fraction of sp³-hybridized carbons (Fsp3) is 0.778. The lowest BCUT2D eigenvalue weighted by Gasteiger charge is -2.21. The molecule has 1 saturated carbocycles. The molecule has 0 saturated heterocycles. The summed E-state index contributed by atoms with van der Waals surface area (Å²) in [5.41, 5.74) is 1.52. The number of hydrogen-bond donors (Lipinski definition) is 0. The molecule has 0 aromatic heterocycles. The zero-order valence-electron chi connectivity index (χ0n) is 6.47. The van der Waals surface area contributed by atoms with E-state index in [4.69, 9.17) is 4.74 Å². The quantitative estimate of drug-likeness (QED) is 0.504. The highest BCUT2D eigenvalue weighted by Gasteiger charge is 2.32. The van der Waals surface area contributed by atoms with Crippen LogP contribution < -0.4 is 0 Å². The monoisotopic (exact) mass is 138 g/mol. The zero-order chi connectivity index (χ0) is 6.97. The van der Waals surface area contributed by atoms with Gasteiger partial charge in [-0.05, 0) is 32.1 Å². The van der Waals surface area contributed by atoms with Gasteiger partial charge in [-0.25, -0.2) is 0 Å². The van der Waals surface area contributed by atoms with Crippen molar-refractivity contribution in [1.82, 2.24) is 0 Å².